The van der Waals surface area contributed by atoms with Crippen molar-refractivity contribution in [1.82, 2.24) is 4.98 Å². The fourth-order valence-corrected chi connectivity index (χ4v) is 1.90. The molecule has 3 aromatic rings. The van der Waals surface area contributed by atoms with E-state index in [0.717, 1.165) is 11.5 Å². The third-order valence-corrected chi connectivity index (χ3v) is 2.80. The second-order valence-corrected chi connectivity index (χ2v) is 4.27. The van der Waals surface area contributed by atoms with E-state index in [1.807, 2.05) is 19.1 Å². The van der Waals surface area contributed by atoms with Gasteiger partial charge < -0.3 is 14.2 Å². The van der Waals surface area contributed by atoms with Crippen molar-refractivity contribution in [3.8, 4) is 0 Å². The first-order valence-corrected chi connectivity index (χ1v) is 5.96. The standard InChI is InChI=1S/C13H11N3O4/c1-8-5-6-9(19-8)7-14-13-15-12-10(16(17)18)3-2-4-11(12)20-13/h2-6H,7H2,1H3,(H,14,15). The lowest BCUT2D eigenvalue weighted by atomic mass is 10.3. The maximum atomic E-state index is 10.9. The largest absolute Gasteiger partial charge is 0.465 e. The van der Waals surface area contributed by atoms with Gasteiger partial charge in [-0.05, 0) is 25.1 Å². The van der Waals surface area contributed by atoms with Gasteiger partial charge in [0.2, 0.25) is 0 Å². The predicted octanol–water partition coefficient (Wildman–Crippen LogP) is 3.25. The molecule has 7 heteroatoms. The highest BCUT2D eigenvalue weighted by Gasteiger charge is 2.17. The van der Waals surface area contributed by atoms with Crippen LogP contribution in [0.15, 0.2) is 39.2 Å². The van der Waals surface area contributed by atoms with Gasteiger partial charge >= 0.3 is 0 Å². The van der Waals surface area contributed by atoms with E-state index in [4.69, 9.17) is 8.83 Å². The molecule has 2 heterocycles. The molecule has 0 spiro atoms. The number of benzene rings is 1. The molecule has 0 atom stereocenters. The number of hydrogen-bond donors (Lipinski definition) is 1. The Hall–Kier alpha value is -2.83. The Morgan fingerprint density at radius 3 is 2.85 bits per heavy atom. The van der Waals surface area contributed by atoms with E-state index in [2.05, 4.69) is 10.3 Å². The third-order valence-electron chi connectivity index (χ3n) is 2.80. The van der Waals surface area contributed by atoms with Gasteiger partial charge in [0.1, 0.15) is 11.5 Å². The zero-order valence-electron chi connectivity index (χ0n) is 10.6. The van der Waals surface area contributed by atoms with Crippen LogP contribution in [0.25, 0.3) is 11.1 Å². The number of aryl methyl sites for hydroxylation is 1. The molecule has 0 radical (unpaired) electrons. The number of nitro groups is 1. The van der Waals surface area contributed by atoms with Gasteiger partial charge in [-0.1, -0.05) is 6.07 Å². The monoisotopic (exact) mass is 273 g/mol. The number of nitrogens with one attached hydrogen (secondary N) is 1. The summed E-state index contributed by atoms with van der Waals surface area (Å²) in [6.45, 7) is 2.25. The molecule has 102 valence electrons. The Labute approximate surface area is 113 Å². The minimum Gasteiger partial charge on any atom is -0.465 e. The lowest BCUT2D eigenvalue weighted by Crippen LogP contribution is -1.98. The number of para-hydroxylation sites is 1. The van der Waals surface area contributed by atoms with Crippen molar-refractivity contribution >= 4 is 22.8 Å². The highest BCUT2D eigenvalue weighted by atomic mass is 16.6. The summed E-state index contributed by atoms with van der Waals surface area (Å²) in [5, 5.41) is 13.8. The first-order chi connectivity index (χ1) is 9.63. The van der Waals surface area contributed by atoms with Crippen LogP contribution in [0.4, 0.5) is 11.7 Å². The number of fused-ring (bicyclic) bond motifs is 1. The van der Waals surface area contributed by atoms with Gasteiger partial charge in [0, 0.05) is 6.07 Å². The smallest absolute Gasteiger partial charge is 0.298 e. The minimum absolute atomic E-state index is 0.0758. The summed E-state index contributed by atoms with van der Waals surface area (Å²) in [5.41, 5.74) is 0.529. The van der Waals surface area contributed by atoms with Crippen LogP contribution in [0, 0.1) is 17.0 Å². The minimum atomic E-state index is -0.482. The van der Waals surface area contributed by atoms with E-state index in [1.165, 1.54) is 6.07 Å². The second-order valence-electron chi connectivity index (χ2n) is 4.27. The first-order valence-electron chi connectivity index (χ1n) is 5.96. The van der Waals surface area contributed by atoms with Crippen molar-refractivity contribution in [1.29, 1.82) is 0 Å². The molecule has 0 unspecified atom stereocenters. The number of aromatic nitrogens is 1. The average molecular weight is 273 g/mol. The van der Waals surface area contributed by atoms with E-state index in [9.17, 15) is 10.1 Å². The third kappa shape index (κ3) is 2.20. The normalized spacial score (nSPS) is 10.8. The summed E-state index contributed by atoms with van der Waals surface area (Å²) in [5.74, 6) is 1.55. The van der Waals surface area contributed by atoms with Gasteiger partial charge in [0.05, 0.1) is 11.5 Å². The van der Waals surface area contributed by atoms with Gasteiger partial charge in [-0.3, -0.25) is 10.1 Å². The average Bonchev–Trinajstić information content (AvgIpc) is 3.01. The van der Waals surface area contributed by atoms with Gasteiger partial charge in [0.25, 0.3) is 11.7 Å². The Morgan fingerprint density at radius 1 is 1.30 bits per heavy atom. The summed E-state index contributed by atoms with van der Waals surface area (Å²) in [4.78, 5) is 14.5. The quantitative estimate of drug-likeness (QED) is 0.579. The molecule has 0 amide bonds. The molecular formula is C13H11N3O4. The lowest BCUT2D eigenvalue weighted by Gasteiger charge is -1.97. The highest BCUT2D eigenvalue weighted by molar-refractivity contribution is 5.83. The van der Waals surface area contributed by atoms with Crippen LogP contribution in [0.5, 0.6) is 0 Å². The summed E-state index contributed by atoms with van der Waals surface area (Å²) in [6.07, 6.45) is 0. The molecular weight excluding hydrogens is 262 g/mol. The van der Waals surface area contributed by atoms with Crippen LogP contribution < -0.4 is 5.32 Å². The van der Waals surface area contributed by atoms with E-state index in [0.29, 0.717) is 12.1 Å². The number of furan rings is 1. The van der Waals surface area contributed by atoms with Crippen molar-refractivity contribution in [2.24, 2.45) is 0 Å². The number of rotatable bonds is 4. The van der Waals surface area contributed by atoms with Crippen LogP contribution in [-0.2, 0) is 6.54 Å². The number of oxazole rings is 1. The maximum absolute atomic E-state index is 10.9. The summed E-state index contributed by atoms with van der Waals surface area (Å²) in [7, 11) is 0. The summed E-state index contributed by atoms with van der Waals surface area (Å²) in [6, 6.07) is 8.51. The van der Waals surface area contributed by atoms with Crippen LogP contribution in [0.2, 0.25) is 0 Å². The molecule has 20 heavy (non-hydrogen) atoms. The van der Waals surface area contributed by atoms with E-state index >= 15 is 0 Å². The molecule has 3 rings (SSSR count). The van der Waals surface area contributed by atoms with Crippen molar-refractivity contribution in [3.63, 3.8) is 0 Å². The van der Waals surface area contributed by atoms with E-state index < -0.39 is 4.92 Å². The van der Waals surface area contributed by atoms with Gasteiger partial charge in [-0.15, -0.1) is 0 Å². The molecule has 1 aromatic carbocycles. The Kier molecular flexibility index (Phi) is 2.86. The van der Waals surface area contributed by atoms with Crippen molar-refractivity contribution in [2.75, 3.05) is 5.32 Å². The van der Waals surface area contributed by atoms with Crippen molar-refractivity contribution < 1.29 is 13.8 Å². The van der Waals surface area contributed by atoms with Crippen molar-refractivity contribution in [2.45, 2.75) is 13.5 Å². The van der Waals surface area contributed by atoms with Gasteiger partial charge in [-0.2, -0.15) is 4.98 Å². The number of non-ortho nitro benzene ring substituents is 1. The van der Waals surface area contributed by atoms with Crippen LogP contribution in [0.3, 0.4) is 0 Å². The molecule has 0 aliphatic carbocycles. The molecule has 0 bridgehead atoms. The number of nitrogens with zero attached hydrogens (tertiary/aromatic N) is 2. The van der Waals surface area contributed by atoms with Crippen molar-refractivity contribution in [3.05, 3.63) is 52.0 Å². The van der Waals surface area contributed by atoms with Gasteiger partial charge in [0.15, 0.2) is 11.1 Å². The number of hydrogen-bond acceptors (Lipinski definition) is 6. The fourth-order valence-electron chi connectivity index (χ4n) is 1.90. The molecule has 2 aromatic heterocycles. The molecule has 0 saturated heterocycles. The summed E-state index contributed by atoms with van der Waals surface area (Å²) < 4.78 is 10.8. The van der Waals surface area contributed by atoms with Crippen LogP contribution in [0.1, 0.15) is 11.5 Å². The molecule has 7 nitrogen and oxygen atoms in total. The molecule has 0 fully saturated rings. The molecule has 0 aliphatic rings. The fraction of sp³-hybridized carbons (Fsp3) is 0.154. The Balaban J connectivity index is 1.86. The molecule has 0 aliphatic heterocycles. The zero-order valence-corrected chi connectivity index (χ0v) is 10.6. The van der Waals surface area contributed by atoms with Crippen LogP contribution in [-0.4, -0.2) is 9.91 Å². The Bertz CT molecular complexity index is 775. The maximum Gasteiger partial charge on any atom is 0.298 e. The first kappa shape index (κ1) is 12.2. The van der Waals surface area contributed by atoms with E-state index in [-0.39, 0.29) is 17.2 Å². The summed E-state index contributed by atoms with van der Waals surface area (Å²) >= 11 is 0. The van der Waals surface area contributed by atoms with Crippen LogP contribution >= 0.6 is 0 Å². The zero-order chi connectivity index (χ0) is 14.1. The second kappa shape index (κ2) is 4.69. The van der Waals surface area contributed by atoms with E-state index in [1.54, 1.807) is 12.1 Å². The predicted molar refractivity (Wildman–Crippen MR) is 71.4 cm³/mol. The lowest BCUT2D eigenvalue weighted by molar-refractivity contribution is -0.383. The number of nitro benzene ring substituents is 1. The molecule has 0 saturated carbocycles. The highest BCUT2D eigenvalue weighted by Crippen LogP contribution is 2.27. The topological polar surface area (TPSA) is 94.3 Å². The SMILES string of the molecule is Cc1ccc(CNc2nc3c([N+](=O)[O-])cccc3o2)o1. The van der Waals surface area contributed by atoms with Gasteiger partial charge in [-0.25, -0.2) is 0 Å². The number of anilines is 1. The Morgan fingerprint density at radius 2 is 2.15 bits per heavy atom. The molecule has 1 N–H and O–H groups in total.